The molecule has 0 saturated carbocycles. The first kappa shape index (κ1) is 12.9. The molecule has 2 atom stereocenters. The normalized spacial score (nSPS) is 33.9. The van der Waals surface area contributed by atoms with E-state index in [1.807, 2.05) is 0 Å². The molecule has 2 aliphatic heterocycles. The van der Waals surface area contributed by atoms with Gasteiger partial charge >= 0.3 is 0 Å². The number of Topliss-reactive ketones (excluding diaryl/α,β-unsaturated/α-hetero) is 1. The summed E-state index contributed by atoms with van der Waals surface area (Å²) >= 11 is 0. The molecule has 0 aliphatic carbocycles. The fourth-order valence-electron chi connectivity index (χ4n) is 3.18. The van der Waals surface area contributed by atoms with Gasteiger partial charge < -0.3 is 0 Å². The van der Waals surface area contributed by atoms with E-state index in [4.69, 9.17) is 0 Å². The third-order valence-corrected chi connectivity index (χ3v) is 6.33. The first-order valence-corrected chi connectivity index (χ1v) is 7.98. The van der Waals surface area contributed by atoms with Gasteiger partial charge in [0.05, 0.1) is 6.20 Å². The van der Waals surface area contributed by atoms with Crippen molar-refractivity contribution in [3.8, 4) is 0 Å². The van der Waals surface area contributed by atoms with Crippen molar-refractivity contribution >= 4 is 16.6 Å². The number of nitrogens with zero attached hydrogens (tertiary/aromatic N) is 1. The second kappa shape index (κ2) is 5.12. The molecule has 19 heavy (non-hydrogen) atoms. The number of carbonyl (C=O) groups is 1. The molecule has 2 saturated heterocycles. The molecule has 3 heterocycles. The van der Waals surface area contributed by atoms with Crippen molar-refractivity contribution in [1.29, 1.82) is 0 Å². The van der Waals surface area contributed by atoms with Crippen LogP contribution < -0.4 is 0 Å². The maximum Gasteiger partial charge on any atom is 0.184 e. The van der Waals surface area contributed by atoms with E-state index in [0.717, 1.165) is 25.5 Å². The van der Waals surface area contributed by atoms with Crippen LogP contribution in [0, 0.1) is 11.7 Å². The monoisotopic (exact) mass is 281 g/mol. The van der Waals surface area contributed by atoms with Crippen LogP contribution in [-0.2, 0) is 10.8 Å². The molecule has 3 rings (SSSR count). The Morgan fingerprint density at radius 1 is 1.26 bits per heavy atom. The average molecular weight is 281 g/mol. The Morgan fingerprint density at radius 2 is 1.95 bits per heavy atom. The van der Waals surface area contributed by atoms with E-state index in [1.165, 1.54) is 12.1 Å². The number of hydrogen-bond donors (Lipinski definition) is 0. The average Bonchev–Trinajstić information content (AvgIpc) is 2.38. The van der Waals surface area contributed by atoms with Gasteiger partial charge in [-0.25, -0.2) is 4.39 Å². The summed E-state index contributed by atoms with van der Waals surface area (Å²) in [5.41, 5.74) is 0.331. The van der Waals surface area contributed by atoms with Crippen LogP contribution in [0.15, 0.2) is 18.3 Å². The number of ketones is 1. The van der Waals surface area contributed by atoms with Crippen LogP contribution in [0.3, 0.4) is 0 Å². The lowest BCUT2D eigenvalue weighted by molar-refractivity contribution is 0.0890. The van der Waals surface area contributed by atoms with Gasteiger partial charge in [0.2, 0.25) is 0 Å². The Hall–Kier alpha value is -1.10. The summed E-state index contributed by atoms with van der Waals surface area (Å²) in [6, 6.07) is 2.71. The summed E-state index contributed by atoms with van der Waals surface area (Å²) in [6.07, 6.45) is 5.52. The molecule has 5 heteroatoms. The Labute approximate surface area is 114 Å². The zero-order valence-electron chi connectivity index (χ0n) is 10.5. The number of aromatic nitrogens is 1. The maximum absolute atomic E-state index is 12.8. The molecule has 1 aromatic rings. The highest BCUT2D eigenvalue weighted by molar-refractivity contribution is 7.86. The van der Waals surface area contributed by atoms with Crippen LogP contribution in [0.1, 0.15) is 42.6 Å². The van der Waals surface area contributed by atoms with E-state index in [1.54, 1.807) is 0 Å². The molecule has 3 nitrogen and oxygen atoms in total. The van der Waals surface area contributed by atoms with Crippen molar-refractivity contribution in [3.05, 3.63) is 29.8 Å². The minimum Gasteiger partial charge on any atom is -0.292 e. The number of fused-ring (bicyclic) bond motifs is 2. The Kier molecular flexibility index (Phi) is 3.48. The van der Waals surface area contributed by atoms with Gasteiger partial charge in [0, 0.05) is 27.2 Å². The predicted molar refractivity (Wildman–Crippen MR) is 70.8 cm³/mol. The quantitative estimate of drug-likeness (QED) is 0.782. The second-order valence-electron chi connectivity index (χ2n) is 5.40. The zero-order chi connectivity index (χ0) is 13.4. The van der Waals surface area contributed by atoms with Crippen LogP contribution in [0.2, 0.25) is 0 Å². The lowest BCUT2D eigenvalue weighted by atomic mass is 9.85. The van der Waals surface area contributed by atoms with Crippen LogP contribution in [0.25, 0.3) is 0 Å². The summed E-state index contributed by atoms with van der Waals surface area (Å²) in [6.45, 7) is 0. The number of carbonyl (C=O) groups excluding carboxylic acids is 1. The smallest absolute Gasteiger partial charge is 0.184 e. The summed E-state index contributed by atoms with van der Waals surface area (Å²) in [5, 5.41) is 0.337. The molecule has 2 unspecified atom stereocenters. The number of pyridine rings is 1. The number of halogens is 1. The molecule has 0 N–H and O–H groups in total. The van der Waals surface area contributed by atoms with E-state index in [-0.39, 0.29) is 22.2 Å². The lowest BCUT2D eigenvalue weighted by Gasteiger charge is -2.37. The van der Waals surface area contributed by atoms with E-state index >= 15 is 0 Å². The Balaban J connectivity index is 1.78. The van der Waals surface area contributed by atoms with Crippen molar-refractivity contribution < 1.29 is 13.4 Å². The van der Waals surface area contributed by atoms with E-state index in [2.05, 4.69) is 4.98 Å². The van der Waals surface area contributed by atoms with Gasteiger partial charge in [0.1, 0.15) is 11.5 Å². The summed E-state index contributed by atoms with van der Waals surface area (Å²) < 4.78 is 24.9. The van der Waals surface area contributed by atoms with Gasteiger partial charge in [-0.15, -0.1) is 0 Å². The van der Waals surface area contributed by atoms with E-state index in [9.17, 15) is 13.4 Å². The molecule has 0 spiro atoms. The molecular formula is C14H16FNO2S. The highest BCUT2D eigenvalue weighted by Gasteiger charge is 2.40. The van der Waals surface area contributed by atoms with Crippen LogP contribution in [0.4, 0.5) is 4.39 Å². The Morgan fingerprint density at radius 3 is 2.53 bits per heavy atom. The SMILES string of the molecule is O=C(c1ccc(F)cn1)C1CC2CCCC(C1)S2=O. The Bertz CT molecular complexity index is 501. The largest absolute Gasteiger partial charge is 0.292 e. The zero-order valence-corrected chi connectivity index (χ0v) is 11.4. The van der Waals surface area contributed by atoms with E-state index in [0.29, 0.717) is 18.5 Å². The highest BCUT2D eigenvalue weighted by atomic mass is 32.2. The van der Waals surface area contributed by atoms with Gasteiger partial charge in [0.15, 0.2) is 5.78 Å². The molecule has 1 aromatic heterocycles. The van der Waals surface area contributed by atoms with Crippen molar-refractivity contribution in [2.24, 2.45) is 5.92 Å². The number of rotatable bonds is 2. The molecule has 0 radical (unpaired) electrons. The molecule has 2 bridgehead atoms. The van der Waals surface area contributed by atoms with Crippen molar-refractivity contribution in [3.63, 3.8) is 0 Å². The standard InChI is InChI=1S/C14H16FNO2S/c15-10-4-5-13(16-8-10)14(17)9-6-11-2-1-3-12(7-9)19(11)18/h4-5,8-9,11-12H,1-3,6-7H2. The highest BCUT2D eigenvalue weighted by Crippen LogP contribution is 2.38. The summed E-state index contributed by atoms with van der Waals surface area (Å²) in [5.74, 6) is -0.544. The van der Waals surface area contributed by atoms with Gasteiger partial charge in [-0.05, 0) is 37.8 Å². The third-order valence-electron chi connectivity index (χ3n) is 4.15. The van der Waals surface area contributed by atoms with Crippen molar-refractivity contribution in [2.75, 3.05) is 0 Å². The topological polar surface area (TPSA) is 47.0 Å². The second-order valence-corrected chi connectivity index (χ2v) is 7.39. The van der Waals surface area contributed by atoms with E-state index < -0.39 is 16.6 Å². The fraction of sp³-hybridized carbons (Fsp3) is 0.571. The van der Waals surface area contributed by atoms with Crippen molar-refractivity contribution in [1.82, 2.24) is 4.98 Å². The molecular weight excluding hydrogens is 265 g/mol. The minimum atomic E-state index is -0.766. The first-order valence-electron chi connectivity index (χ1n) is 6.70. The van der Waals surface area contributed by atoms with Gasteiger partial charge in [-0.3, -0.25) is 14.0 Å². The van der Waals surface area contributed by atoms with Crippen LogP contribution in [0.5, 0.6) is 0 Å². The predicted octanol–water partition coefficient (Wildman–Crippen LogP) is 2.48. The number of hydrogen-bond acceptors (Lipinski definition) is 3. The fourth-order valence-corrected chi connectivity index (χ4v) is 5.36. The van der Waals surface area contributed by atoms with Crippen molar-refractivity contribution in [2.45, 2.75) is 42.6 Å². The van der Waals surface area contributed by atoms with Gasteiger partial charge in [-0.2, -0.15) is 0 Å². The lowest BCUT2D eigenvalue weighted by Crippen LogP contribution is -2.41. The van der Waals surface area contributed by atoms with Crippen LogP contribution in [-0.4, -0.2) is 25.5 Å². The minimum absolute atomic E-state index is 0.0198. The first-order chi connectivity index (χ1) is 9.15. The molecule has 0 amide bonds. The van der Waals surface area contributed by atoms with Gasteiger partial charge in [0.25, 0.3) is 0 Å². The molecule has 2 fully saturated rings. The molecule has 102 valence electrons. The van der Waals surface area contributed by atoms with Crippen LogP contribution >= 0.6 is 0 Å². The molecule has 0 aromatic carbocycles. The third kappa shape index (κ3) is 2.48. The summed E-state index contributed by atoms with van der Waals surface area (Å²) in [4.78, 5) is 16.2. The maximum atomic E-state index is 12.8. The summed E-state index contributed by atoms with van der Waals surface area (Å²) in [7, 11) is -0.766. The van der Waals surface area contributed by atoms with Gasteiger partial charge in [-0.1, -0.05) is 6.42 Å². The molecule has 2 aliphatic rings.